The SMILES string of the molecule is CN(CCN)C1CCCN(c2ccc(C#N)cc2)C1. The lowest BCUT2D eigenvalue weighted by Crippen LogP contribution is -2.47. The summed E-state index contributed by atoms with van der Waals surface area (Å²) >= 11 is 0. The zero-order valence-corrected chi connectivity index (χ0v) is 11.5. The number of nitrogens with two attached hydrogens (primary N) is 1. The van der Waals surface area contributed by atoms with Crippen LogP contribution < -0.4 is 10.6 Å². The molecule has 4 heteroatoms. The van der Waals surface area contributed by atoms with E-state index in [9.17, 15) is 0 Å². The molecule has 1 aliphatic heterocycles. The van der Waals surface area contributed by atoms with Gasteiger partial charge in [-0.15, -0.1) is 0 Å². The number of hydrogen-bond donors (Lipinski definition) is 1. The van der Waals surface area contributed by atoms with Crippen molar-refractivity contribution in [3.05, 3.63) is 29.8 Å². The van der Waals surface area contributed by atoms with E-state index in [1.165, 1.54) is 18.5 Å². The molecule has 0 radical (unpaired) electrons. The molecule has 1 saturated heterocycles. The van der Waals surface area contributed by atoms with Crippen LogP contribution >= 0.6 is 0 Å². The van der Waals surface area contributed by atoms with Gasteiger partial charge in [0, 0.05) is 37.9 Å². The summed E-state index contributed by atoms with van der Waals surface area (Å²) < 4.78 is 0. The highest BCUT2D eigenvalue weighted by molar-refractivity contribution is 5.50. The summed E-state index contributed by atoms with van der Waals surface area (Å²) in [6.45, 7) is 3.80. The highest BCUT2D eigenvalue weighted by Gasteiger charge is 2.22. The van der Waals surface area contributed by atoms with Gasteiger partial charge in [0.2, 0.25) is 0 Å². The molecule has 19 heavy (non-hydrogen) atoms. The van der Waals surface area contributed by atoms with E-state index >= 15 is 0 Å². The third-order valence-electron chi connectivity index (χ3n) is 3.86. The van der Waals surface area contributed by atoms with E-state index in [-0.39, 0.29) is 0 Å². The Hall–Kier alpha value is -1.57. The normalized spacial score (nSPS) is 19.5. The van der Waals surface area contributed by atoms with E-state index in [1.54, 1.807) is 0 Å². The second-order valence-electron chi connectivity index (χ2n) is 5.17. The van der Waals surface area contributed by atoms with Crippen molar-refractivity contribution in [1.82, 2.24) is 4.90 Å². The summed E-state index contributed by atoms with van der Waals surface area (Å²) in [7, 11) is 2.15. The minimum absolute atomic E-state index is 0.577. The lowest BCUT2D eigenvalue weighted by molar-refractivity contribution is 0.221. The van der Waals surface area contributed by atoms with E-state index in [0.29, 0.717) is 12.6 Å². The average molecular weight is 258 g/mol. The van der Waals surface area contributed by atoms with Crippen LogP contribution in [-0.4, -0.2) is 44.2 Å². The minimum Gasteiger partial charge on any atom is -0.370 e. The minimum atomic E-state index is 0.577. The Morgan fingerprint density at radius 2 is 2.16 bits per heavy atom. The second-order valence-corrected chi connectivity index (χ2v) is 5.17. The highest BCUT2D eigenvalue weighted by atomic mass is 15.2. The fourth-order valence-electron chi connectivity index (χ4n) is 2.68. The van der Waals surface area contributed by atoms with Crippen LogP contribution in [0.15, 0.2) is 24.3 Å². The Bertz CT molecular complexity index is 434. The molecule has 2 N–H and O–H groups in total. The van der Waals surface area contributed by atoms with Gasteiger partial charge in [0.1, 0.15) is 0 Å². The fourth-order valence-corrected chi connectivity index (χ4v) is 2.68. The smallest absolute Gasteiger partial charge is 0.0991 e. The summed E-state index contributed by atoms with van der Waals surface area (Å²) in [4.78, 5) is 4.76. The summed E-state index contributed by atoms with van der Waals surface area (Å²) in [5.41, 5.74) is 7.56. The molecule has 0 aromatic heterocycles. The molecule has 1 aliphatic rings. The maximum atomic E-state index is 8.83. The first-order chi connectivity index (χ1) is 9.24. The summed E-state index contributed by atoms with van der Waals surface area (Å²) in [5.74, 6) is 0. The lowest BCUT2D eigenvalue weighted by atomic mass is 10.0. The first kappa shape index (κ1) is 13.9. The van der Waals surface area contributed by atoms with Crippen molar-refractivity contribution in [2.24, 2.45) is 5.73 Å². The van der Waals surface area contributed by atoms with E-state index in [0.717, 1.165) is 25.2 Å². The Kier molecular flexibility index (Phi) is 4.78. The molecule has 1 atom stereocenters. The summed E-state index contributed by atoms with van der Waals surface area (Å²) in [6, 6.07) is 10.6. The molecule has 0 saturated carbocycles. The lowest BCUT2D eigenvalue weighted by Gasteiger charge is -2.38. The van der Waals surface area contributed by atoms with Crippen LogP contribution in [0.3, 0.4) is 0 Å². The van der Waals surface area contributed by atoms with Crippen LogP contribution in [-0.2, 0) is 0 Å². The molecule has 0 aliphatic carbocycles. The van der Waals surface area contributed by atoms with Crippen molar-refractivity contribution < 1.29 is 0 Å². The third-order valence-corrected chi connectivity index (χ3v) is 3.86. The number of nitrogens with zero attached hydrogens (tertiary/aromatic N) is 3. The molecule has 0 spiro atoms. The zero-order chi connectivity index (χ0) is 13.7. The topological polar surface area (TPSA) is 56.3 Å². The quantitative estimate of drug-likeness (QED) is 0.887. The van der Waals surface area contributed by atoms with Crippen LogP contribution in [0.5, 0.6) is 0 Å². The number of anilines is 1. The molecular weight excluding hydrogens is 236 g/mol. The van der Waals surface area contributed by atoms with E-state index < -0.39 is 0 Å². The van der Waals surface area contributed by atoms with Crippen molar-refractivity contribution in [3.8, 4) is 6.07 Å². The molecular formula is C15H22N4. The van der Waals surface area contributed by atoms with Crippen molar-refractivity contribution in [2.75, 3.05) is 38.1 Å². The van der Waals surface area contributed by atoms with E-state index in [2.05, 4.69) is 22.9 Å². The van der Waals surface area contributed by atoms with Crippen LogP contribution in [0.4, 0.5) is 5.69 Å². The first-order valence-corrected chi connectivity index (χ1v) is 6.90. The molecule has 1 aromatic carbocycles. The fraction of sp³-hybridized carbons (Fsp3) is 0.533. The standard InChI is InChI=1S/C15H22N4/c1-18(10-8-16)15-3-2-9-19(12-15)14-6-4-13(11-17)5-7-14/h4-7,15H,2-3,8-10,12,16H2,1H3. The molecule has 1 aromatic rings. The van der Waals surface area contributed by atoms with Gasteiger partial charge in [-0.1, -0.05) is 0 Å². The van der Waals surface area contributed by atoms with Crippen molar-refractivity contribution in [3.63, 3.8) is 0 Å². The average Bonchev–Trinajstić information content (AvgIpc) is 2.48. The second kappa shape index (κ2) is 6.55. The highest BCUT2D eigenvalue weighted by Crippen LogP contribution is 2.22. The van der Waals surface area contributed by atoms with Gasteiger partial charge in [0.25, 0.3) is 0 Å². The van der Waals surface area contributed by atoms with Crippen LogP contribution in [0, 0.1) is 11.3 Å². The summed E-state index contributed by atoms with van der Waals surface area (Å²) in [6.07, 6.45) is 2.45. The van der Waals surface area contributed by atoms with Crippen LogP contribution in [0.2, 0.25) is 0 Å². The molecule has 0 amide bonds. The zero-order valence-electron chi connectivity index (χ0n) is 11.5. The Morgan fingerprint density at radius 1 is 1.42 bits per heavy atom. The van der Waals surface area contributed by atoms with Gasteiger partial charge < -0.3 is 15.5 Å². The van der Waals surface area contributed by atoms with Gasteiger partial charge in [-0.3, -0.25) is 0 Å². The molecule has 1 heterocycles. The first-order valence-electron chi connectivity index (χ1n) is 6.90. The monoisotopic (exact) mass is 258 g/mol. The predicted molar refractivity (Wildman–Crippen MR) is 78.1 cm³/mol. The molecule has 2 rings (SSSR count). The van der Waals surface area contributed by atoms with Crippen molar-refractivity contribution in [1.29, 1.82) is 5.26 Å². The van der Waals surface area contributed by atoms with Gasteiger partial charge in [-0.25, -0.2) is 0 Å². The van der Waals surface area contributed by atoms with Crippen molar-refractivity contribution >= 4 is 5.69 Å². The molecule has 102 valence electrons. The van der Waals surface area contributed by atoms with Gasteiger partial charge in [0.15, 0.2) is 0 Å². The number of likely N-dealkylation sites (N-methyl/N-ethyl adjacent to an activating group) is 1. The third kappa shape index (κ3) is 3.46. The van der Waals surface area contributed by atoms with Gasteiger partial charge >= 0.3 is 0 Å². The number of hydrogen-bond acceptors (Lipinski definition) is 4. The molecule has 1 unspecified atom stereocenters. The molecule has 0 bridgehead atoms. The maximum Gasteiger partial charge on any atom is 0.0991 e. The summed E-state index contributed by atoms with van der Waals surface area (Å²) in [5, 5.41) is 8.83. The number of rotatable bonds is 4. The largest absolute Gasteiger partial charge is 0.370 e. The number of benzene rings is 1. The van der Waals surface area contributed by atoms with E-state index in [1.807, 2.05) is 24.3 Å². The van der Waals surface area contributed by atoms with Gasteiger partial charge in [0.05, 0.1) is 11.6 Å². The number of piperidine rings is 1. The van der Waals surface area contributed by atoms with Crippen LogP contribution in [0.25, 0.3) is 0 Å². The predicted octanol–water partition coefficient (Wildman–Crippen LogP) is 1.42. The Morgan fingerprint density at radius 3 is 2.79 bits per heavy atom. The maximum absolute atomic E-state index is 8.83. The van der Waals surface area contributed by atoms with Crippen LogP contribution in [0.1, 0.15) is 18.4 Å². The Labute approximate surface area is 115 Å². The van der Waals surface area contributed by atoms with E-state index in [4.69, 9.17) is 11.0 Å². The number of nitriles is 1. The Balaban J connectivity index is 2.02. The van der Waals surface area contributed by atoms with Gasteiger partial charge in [-0.05, 0) is 44.2 Å². The van der Waals surface area contributed by atoms with Crippen molar-refractivity contribution in [2.45, 2.75) is 18.9 Å². The van der Waals surface area contributed by atoms with Gasteiger partial charge in [-0.2, -0.15) is 5.26 Å². The molecule has 1 fully saturated rings. The molecule has 4 nitrogen and oxygen atoms in total.